The highest BCUT2D eigenvalue weighted by atomic mass is 32.1. The molecule has 0 aliphatic heterocycles. The Labute approximate surface area is 178 Å². The summed E-state index contributed by atoms with van der Waals surface area (Å²) in [6.07, 6.45) is 2.82. The van der Waals surface area contributed by atoms with E-state index in [1.807, 2.05) is 33.0 Å². The Kier molecular flexibility index (Phi) is 5.37. The molecule has 30 heavy (non-hydrogen) atoms. The number of nitrogens with one attached hydrogen (secondary N) is 1. The standard InChI is InChI=1S/C21H19FN6OS/c1-12-8-15(27-30)10-17-20(12)21(24-11-23-17)26-16-5-4-14(22)9-19(16)29-13(2)18-6-7-25-28(18)3/h4-11,13H,1-3H3,(H,23,24,26). The second-order valence-corrected chi connectivity index (χ2v) is 7.06. The quantitative estimate of drug-likeness (QED) is 0.468. The highest BCUT2D eigenvalue weighted by molar-refractivity contribution is 7.47. The molecule has 4 aromatic rings. The monoisotopic (exact) mass is 422 g/mol. The van der Waals surface area contributed by atoms with Crippen molar-refractivity contribution < 1.29 is 9.13 Å². The lowest BCUT2D eigenvalue weighted by atomic mass is 10.1. The maximum Gasteiger partial charge on any atom is 0.146 e. The van der Waals surface area contributed by atoms with Crippen LogP contribution in [0.1, 0.15) is 24.3 Å². The van der Waals surface area contributed by atoms with Gasteiger partial charge in [0.25, 0.3) is 0 Å². The molecule has 0 aliphatic carbocycles. The van der Waals surface area contributed by atoms with Gasteiger partial charge in [0, 0.05) is 37.1 Å². The predicted octanol–water partition coefficient (Wildman–Crippen LogP) is 5.06. The van der Waals surface area contributed by atoms with E-state index in [2.05, 4.69) is 24.7 Å². The molecule has 4 rings (SSSR count). The molecule has 1 atom stereocenters. The molecule has 2 aromatic carbocycles. The van der Waals surface area contributed by atoms with Crippen molar-refractivity contribution in [2.75, 3.05) is 5.32 Å². The molecular formula is C21H19FN6OS. The van der Waals surface area contributed by atoms with Crippen LogP contribution in [0.25, 0.3) is 10.9 Å². The highest BCUT2D eigenvalue weighted by Crippen LogP contribution is 2.35. The number of hydrogen-bond donors (Lipinski definition) is 1. The van der Waals surface area contributed by atoms with Gasteiger partial charge in [-0.05, 0) is 49.7 Å². The van der Waals surface area contributed by atoms with E-state index in [1.54, 1.807) is 23.0 Å². The summed E-state index contributed by atoms with van der Waals surface area (Å²) in [5.41, 5.74) is 3.75. The van der Waals surface area contributed by atoms with Crippen LogP contribution in [-0.4, -0.2) is 19.7 Å². The Morgan fingerprint density at radius 2 is 2.03 bits per heavy atom. The molecular weight excluding hydrogens is 403 g/mol. The third-order valence-electron chi connectivity index (χ3n) is 4.80. The van der Waals surface area contributed by atoms with Crippen molar-refractivity contribution in [2.24, 2.45) is 11.4 Å². The molecule has 0 amide bonds. The minimum atomic E-state index is -0.395. The van der Waals surface area contributed by atoms with Crippen LogP contribution in [0.4, 0.5) is 21.6 Å². The van der Waals surface area contributed by atoms with E-state index in [1.165, 1.54) is 18.5 Å². The van der Waals surface area contributed by atoms with Gasteiger partial charge < -0.3 is 10.1 Å². The minimum absolute atomic E-state index is 0.333. The Morgan fingerprint density at radius 1 is 1.20 bits per heavy atom. The van der Waals surface area contributed by atoms with Gasteiger partial charge in [0.1, 0.15) is 29.8 Å². The van der Waals surface area contributed by atoms with Crippen molar-refractivity contribution in [3.8, 4) is 5.75 Å². The van der Waals surface area contributed by atoms with Crippen molar-refractivity contribution in [1.29, 1.82) is 0 Å². The minimum Gasteiger partial charge on any atom is -0.482 e. The summed E-state index contributed by atoms with van der Waals surface area (Å²) in [6, 6.07) is 9.87. The van der Waals surface area contributed by atoms with Gasteiger partial charge in [-0.25, -0.2) is 14.4 Å². The molecule has 0 saturated heterocycles. The summed E-state index contributed by atoms with van der Waals surface area (Å²) in [6.45, 7) is 3.82. The summed E-state index contributed by atoms with van der Waals surface area (Å²) >= 11 is 4.80. The molecule has 152 valence electrons. The third kappa shape index (κ3) is 3.84. The zero-order chi connectivity index (χ0) is 21.3. The highest BCUT2D eigenvalue weighted by Gasteiger charge is 2.16. The molecule has 2 aromatic heterocycles. The number of benzene rings is 2. The molecule has 7 nitrogen and oxygen atoms in total. The van der Waals surface area contributed by atoms with E-state index >= 15 is 0 Å². The van der Waals surface area contributed by atoms with Gasteiger partial charge in [0.15, 0.2) is 0 Å². The maximum absolute atomic E-state index is 14.0. The van der Waals surface area contributed by atoms with Crippen LogP contribution in [0, 0.1) is 12.7 Å². The fourth-order valence-electron chi connectivity index (χ4n) is 3.38. The Balaban J connectivity index is 1.72. The van der Waals surface area contributed by atoms with E-state index in [-0.39, 0.29) is 6.10 Å². The van der Waals surface area contributed by atoms with E-state index in [4.69, 9.17) is 17.2 Å². The van der Waals surface area contributed by atoms with Crippen LogP contribution in [0.3, 0.4) is 0 Å². The molecule has 0 bridgehead atoms. The SMILES string of the molecule is Cc1cc(N=S)cc2ncnc(Nc3ccc(F)cc3OC(C)c3ccnn3C)c12. The number of fused-ring (bicyclic) bond motifs is 1. The van der Waals surface area contributed by atoms with Gasteiger partial charge in [-0.15, -0.1) is 0 Å². The van der Waals surface area contributed by atoms with Crippen molar-refractivity contribution in [3.63, 3.8) is 0 Å². The molecule has 0 aliphatic rings. The van der Waals surface area contributed by atoms with Gasteiger partial charge in [0.05, 0.1) is 22.6 Å². The number of anilines is 2. The first kappa shape index (κ1) is 19.8. The lowest BCUT2D eigenvalue weighted by Gasteiger charge is -2.19. The summed E-state index contributed by atoms with van der Waals surface area (Å²) in [5, 5.41) is 8.25. The maximum atomic E-state index is 14.0. The van der Waals surface area contributed by atoms with Crippen LogP contribution in [0.15, 0.2) is 53.3 Å². The zero-order valence-electron chi connectivity index (χ0n) is 16.6. The smallest absolute Gasteiger partial charge is 0.146 e. The molecule has 1 N–H and O–H groups in total. The van der Waals surface area contributed by atoms with Crippen molar-refractivity contribution in [1.82, 2.24) is 19.7 Å². The summed E-state index contributed by atoms with van der Waals surface area (Å²) in [7, 11) is 1.83. The summed E-state index contributed by atoms with van der Waals surface area (Å²) in [4.78, 5) is 8.71. The molecule has 0 radical (unpaired) electrons. The Hall–Kier alpha value is -3.46. The summed E-state index contributed by atoms with van der Waals surface area (Å²) < 4.78 is 25.6. The number of halogens is 1. The first-order valence-electron chi connectivity index (χ1n) is 9.26. The first-order chi connectivity index (χ1) is 14.5. The molecule has 0 spiro atoms. The lowest BCUT2D eigenvalue weighted by Crippen LogP contribution is -2.10. The number of ether oxygens (including phenoxy) is 1. The van der Waals surface area contributed by atoms with Crippen LogP contribution in [0.5, 0.6) is 5.75 Å². The molecule has 0 fully saturated rings. The van der Waals surface area contributed by atoms with E-state index in [9.17, 15) is 4.39 Å². The molecule has 1 unspecified atom stereocenters. The van der Waals surface area contributed by atoms with E-state index in [0.29, 0.717) is 28.5 Å². The number of aromatic nitrogens is 4. The number of hydrogen-bond acceptors (Lipinski definition) is 7. The van der Waals surface area contributed by atoms with Crippen molar-refractivity contribution in [3.05, 3.63) is 66.0 Å². The predicted molar refractivity (Wildman–Crippen MR) is 116 cm³/mol. The second-order valence-electron chi connectivity index (χ2n) is 6.88. The first-order valence-corrected chi connectivity index (χ1v) is 9.62. The van der Waals surface area contributed by atoms with Crippen LogP contribution < -0.4 is 10.1 Å². The molecule has 2 heterocycles. The average molecular weight is 422 g/mol. The Morgan fingerprint density at radius 3 is 2.77 bits per heavy atom. The van der Waals surface area contributed by atoms with Gasteiger partial charge >= 0.3 is 0 Å². The normalized spacial score (nSPS) is 12.0. The van der Waals surface area contributed by atoms with Crippen LogP contribution in [-0.2, 0) is 19.5 Å². The average Bonchev–Trinajstić information content (AvgIpc) is 3.15. The van der Waals surface area contributed by atoms with Crippen molar-refractivity contribution >= 4 is 40.5 Å². The number of nitrogens with zero attached hydrogens (tertiary/aromatic N) is 5. The number of aryl methyl sites for hydroxylation is 2. The summed E-state index contributed by atoms with van der Waals surface area (Å²) in [5.74, 6) is 0.552. The second kappa shape index (κ2) is 8.11. The molecule has 9 heteroatoms. The van der Waals surface area contributed by atoms with Gasteiger partial charge in [-0.1, -0.05) is 0 Å². The largest absolute Gasteiger partial charge is 0.482 e. The van der Waals surface area contributed by atoms with Crippen LogP contribution >= 0.6 is 0 Å². The molecule has 0 saturated carbocycles. The van der Waals surface area contributed by atoms with E-state index < -0.39 is 5.82 Å². The van der Waals surface area contributed by atoms with Crippen molar-refractivity contribution in [2.45, 2.75) is 20.0 Å². The van der Waals surface area contributed by atoms with Gasteiger partial charge in [-0.2, -0.15) is 9.46 Å². The van der Waals surface area contributed by atoms with Gasteiger partial charge in [-0.3, -0.25) is 4.68 Å². The third-order valence-corrected chi connectivity index (χ3v) is 5.01. The van der Waals surface area contributed by atoms with Gasteiger partial charge in [0.2, 0.25) is 0 Å². The topological polar surface area (TPSA) is 77.2 Å². The number of rotatable bonds is 6. The lowest BCUT2D eigenvalue weighted by molar-refractivity contribution is 0.216. The fourth-order valence-corrected chi connectivity index (χ4v) is 3.48. The fraction of sp³-hybridized carbons (Fsp3) is 0.190. The Bertz CT molecular complexity index is 1240. The van der Waals surface area contributed by atoms with Crippen LogP contribution in [0.2, 0.25) is 0 Å². The zero-order valence-corrected chi connectivity index (χ0v) is 17.4. The van der Waals surface area contributed by atoms with E-state index in [0.717, 1.165) is 16.6 Å².